The van der Waals surface area contributed by atoms with Crippen LogP contribution in [0.15, 0.2) is 24.3 Å². The summed E-state index contributed by atoms with van der Waals surface area (Å²) in [6.07, 6.45) is -4.14. The van der Waals surface area contributed by atoms with E-state index in [1.807, 2.05) is 0 Å². The summed E-state index contributed by atoms with van der Waals surface area (Å²) in [6.45, 7) is 2.17. The molecule has 1 amide bonds. The number of amides is 1. The first kappa shape index (κ1) is 20.0. The first-order valence-electron chi connectivity index (χ1n) is 8.92. The lowest BCUT2D eigenvalue weighted by Gasteiger charge is -2.24. The van der Waals surface area contributed by atoms with Crippen LogP contribution in [0.5, 0.6) is 0 Å². The van der Waals surface area contributed by atoms with Gasteiger partial charge in [-0.2, -0.15) is 13.2 Å². The molecule has 9 heteroatoms. The van der Waals surface area contributed by atoms with Gasteiger partial charge in [-0.3, -0.25) is 15.0 Å². The largest absolute Gasteiger partial charge is 0.416 e. The van der Waals surface area contributed by atoms with Crippen LogP contribution in [0, 0.1) is 0 Å². The molecule has 2 heterocycles. The van der Waals surface area contributed by atoms with Crippen LogP contribution in [0.3, 0.4) is 0 Å². The molecule has 1 unspecified atom stereocenters. The van der Waals surface area contributed by atoms with Gasteiger partial charge in [0.2, 0.25) is 5.91 Å². The molecule has 0 radical (unpaired) electrons. The molecular weight excluding hydrogens is 369 g/mol. The molecule has 27 heavy (non-hydrogen) atoms. The molecule has 0 aliphatic carbocycles. The van der Waals surface area contributed by atoms with Gasteiger partial charge in [-0.1, -0.05) is 12.1 Å². The van der Waals surface area contributed by atoms with E-state index < -0.39 is 36.7 Å². The number of alkyl halides is 5. The Morgan fingerprint density at radius 2 is 1.81 bits per heavy atom. The zero-order valence-electron chi connectivity index (χ0n) is 14.7. The minimum atomic E-state index is -4.35. The van der Waals surface area contributed by atoms with Crippen molar-refractivity contribution >= 4 is 5.91 Å². The molecule has 1 aromatic carbocycles. The Morgan fingerprint density at radius 1 is 1.11 bits per heavy atom. The van der Waals surface area contributed by atoms with Crippen LogP contribution in [0.25, 0.3) is 0 Å². The van der Waals surface area contributed by atoms with E-state index >= 15 is 0 Å². The predicted molar refractivity (Wildman–Crippen MR) is 89.3 cm³/mol. The standard InChI is InChI=1S/C18H22F5N3O/c19-17(20)10-15(24-12-17)16(27)26-7-1-6-25(8-9-26)11-13-2-4-14(5-3-13)18(21,22)23/h2-5,15,24H,1,6-12H2. The lowest BCUT2D eigenvalue weighted by molar-refractivity contribution is -0.137. The molecule has 2 aliphatic rings. The van der Waals surface area contributed by atoms with Crippen LogP contribution in [0.1, 0.15) is 24.0 Å². The summed E-state index contributed by atoms with van der Waals surface area (Å²) in [7, 11) is 0. The van der Waals surface area contributed by atoms with E-state index in [1.54, 1.807) is 4.90 Å². The number of benzene rings is 1. The molecule has 1 N–H and O–H groups in total. The summed E-state index contributed by atoms with van der Waals surface area (Å²) in [4.78, 5) is 16.1. The number of hydrogen-bond acceptors (Lipinski definition) is 3. The topological polar surface area (TPSA) is 35.6 Å². The van der Waals surface area contributed by atoms with Gasteiger partial charge < -0.3 is 4.90 Å². The highest BCUT2D eigenvalue weighted by Crippen LogP contribution is 2.29. The molecule has 0 bridgehead atoms. The minimum Gasteiger partial charge on any atom is -0.340 e. The number of halogens is 5. The number of carbonyl (C=O) groups is 1. The average Bonchev–Trinajstić information content (AvgIpc) is 2.81. The molecule has 0 saturated carbocycles. The molecule has 1 atom stereocenters. The lowest BCUT2D eigenvalue weighted by Crippen LogP contribution is -2.45. The fourth-order valence-electron chi connectivity index (χ4n) is 3.52. The summed E-state index contributed by atoms with van der Waals surface area (Å²) in [5.41, 5.74) is 0.0830. The third-order valence-corrected chi connectivity index (χ3v) is 5.00. The molecule has 3 rings (SSSR count). The molecule has 0 spiro atoms. The molecule has 150 valence electrons. The van der Waals surface area contributed by atoms with Crippen molar-refractivity contribution < 1.29 is 26.7 Å². The van der Waals surface area contributed by atoms with E-state index in [0.29, 0.717) is 39.1 Å². The third-order valence-electron chi connectivity index (χ3n) is 5.00. The SMILES string of the molecule is O=C(C1CC(F)(F)CN1)N1CCCN(Cc2ccc(C(F)(F)F)cc2)CC1. The highest BCUT2D eigenvalue weighted by molar-refractivity contribution is 5.82. The van der Waals surface area contributed by atoms with Crippen LogP contribution in [0.4, 0.5) is 22.0 Å². The van der Waals surface area contributed by atoms with Gasteiger partial charge in [0.05, 0.1) is 18.2 Å². The molecule has 2 saturated heterocycles. The van der Waals surface area contributed by atoms with Crippen molar-refractivity contribution in [1.29, 1.82) is 0 Å². The van der Waals surface area contributed by atoms with Crippen molar-refractivity contribution in [2.24, 2.45) is 0 Å². The fourth-order valence-corrected chi connectivity index (χ4v) is 3.52. The van der Waals surface area contributed by atoms with E-state index in [9.17, 15) is 26.7 Å². The quantitative estimate of drug-likeness (QED) is 0.805. The fraction of sp³-hybridized carbons (Fsp3) is 0.611. The van der Waals surface area contributed by atoms with Crippen molar-refractivity contribution in [1.82, 2.24) is 15.1 Å². The number of nitrogens with one attached hydrogen (secondary N) is 1. The van der Waals surface area contributed by atoms with Crippen LogP contribution < -0.4 is 5.32 Å². The molecular formula is C18H22F5N3O. The van der Waals surface area contributed by atoms with E-state index in [4.69, 9.17) is 0 Å². The second kappa shape index (κ2) is 7.71. The van der Waals surface area contributed by atoms with Gasteiger partial charge in [-0.05, 0) is 24.1 Å². The second-order valence-electron chi connectivity index (χ2n) is 7.14. The average molecular weight is 391 g/mol. The Balaban J connectivity index is 1.53. The predicted octanol–water partition coefficient (Wildman–Crippen LogP) is 2.74. The van der Waals surface area contributed by atoms with E-state index in [2.05, 4.69) is 10.2 Å². The number of nitrogens with zero attached hydrogens (tertiary/aromatic N) is 2. The zero-order valence-corrected chi connectivity index (χ0v) is 14.7. The highest BCUT2D eigenvalue weighted by Gasteiger charge is 2.43. The number of carbonyl (C=O) groups excluding carboxylic acids is 1. The van der Waals surface area contributed by atoms with Gasteiger partial charge in [-0.25, -0.2) is 8.78 Å². The van der Waals surface area contributed by atoms with Gasteiger partial charge >= 0.3 is 6.18 Å². The Kier molecular flexibility index (Phi) is 5.71. The van der Waals surface area contributed by atoms with Gasteiger partial charge in [0.25, 0.3) is 5.92 Å². The van der Waals surface area contributed by atoms with E-state index in [0.717, 1.165) is 17.7 Å². The normalized spacial score (nSPS) is 24.0. The molecule has 4 nitrogen and oxygen atoms in total. The molecule has 2 aliphatic heterocycles. The number of rotatable bonds is 3. The smallest absolute Gasteiger partial charge is 0.340 e. The monoisotopic (exact) mass is 391 g/mol. The molecule has 0 aromatic heterocycles. The summed E-state index contributed by atoms with van der Waals surface area (Å²) in [5.74, 6) is -3.15. The van der Waals surface area contributed by atoms with Crippen molar-refractivity contribution in [3.63, 3.8) is 0 Å². The Morgan fingerprint density at radius 3 is 2.41 bits per heavy atom. The van der Waals surface area contributed by atoms with Crippen LogP contribution in [-0.4, -0.2) is 60.4 Å². The lowest BCUT2D eigenvalue weighted by atomic mass is 10.1. The summed E-state index contributed by atoms with van der Waals surface area (Å²) < 4.78 is 64.5. The van der Waals surface area contributed by atoms with Gasteiger partial charge in [-0.15, -0.1) is 0 Å². The van der Waals surface area contributed by atoms with Crippen LogP contribution in [-0.2, 0) is 17.5 Å². The maximum absolute atomic E-state index is 13.3. The van der Waals surface area contributed by atoms with Gasteiger partial charge in [0, 0.05) is 39.1 Å². The Bertz CT molecular complexity index is 662. The van der Waals surface area contributed by atoms with Gasteiger partial charge in [0.15, 0.2) is 0 Å². The van der Waals surface area contributed by atoms with Gasteiger partial charge in [0.1, 0.15) is 0 Å². The molecule has 2 fully saturated rings. The zero-order chi connectivity index (χ0) is 19.7. The van der Waals surface area contributed by atoms with Crippen molar-refractivity contribution in [3.05, 3.63) is 35.4 Å². The maximum atomic E-state index is 13.3. The molecule has 1 aromatic rings. The first-order chi connectivity index (χ1) is 12.6. The Hall–Kier alpha value is -1.74. The maximum Gasteiger partial charge on any atom is 0.416 e. The van der Waals surface area contributed by atoms with Crippen LogP contribution >= 0.6 is 0 Å². The van der Waals surface area contributed by atoms with Crippen LogP contribution in [0.2, 0.25) is 0 Å². The summed E-state index contributed by atoms with van der Waals surface area (Å²) >= 11 is 0. The van der Waals surface area contributed by atoms with E-state index in [1.165, 1.54) is 12.1 Å². The van der Waals surface area contributed by atoms with E-state index in [-0.39, 0.29) is 5.91 Å². The number of hydrogen-bond donors (Lipinski definition) is 1. The highest BCUT2D eigenvalue weighted by atomic mass is 19.4. The van der Waals surface area contributed by atoms with Crippen molar-refractivity contribution in [2.75, 3.05) is 32.7 Å². The summed E-state index contributed by atoms with van der Waals surface area (Å²) in [5, 5.41) is 2.59. The van der Waals surface area contributed by atoms with Crippen molar-refractivity contribution in [2.45, 2.75) is 37.5 Å². The minimum absolute atomic E-state index is 0.302. The summed E-state index contributed by atoms with van der Waals surface area (Å²) in [6, 6.07) is 4.20. The van der Waals surface area contributed by atoms with Crippen molar-refractivity contribution in [3.8, 4) is 0 Å². The Labute approximate surface area is 154 Å². The second-order valence-corrected chi connectivity index (χ2v) is 7.14. The first-order valence-corrected chi connectivity index (χ1v) is 8.92. The third kappa shape index (κ3) is 5.16.